The molecule has 1 fully saturated rings. The van der Waals surface area contributed by atoms with Gasteiger partial charge in [0.2, 0.25) is 5.91 Å². The van der Waals surface area contributed by atoms with Gasteiger partial charge in [0, 0.05) is 19.2 Å². The Balaban J connectivity index is 1.73. The van der Waals surface area contributed by atoms with Crippen LogP contribution in [0.4, 0.5) is 0 Å². The van der Waals surface area contributed by atoms with Crippen molar-refractivity contribution in [3.63, 3.8) is 0 Å². The minimum absolute atomic E-state index is 0.0318. The standard InChI is InChI=1S/C16H19NO3/c1-2-11-19-13-14-7-9-17(10-8-14)16(18)6-5-15-4-3-12-20-15/h1,3-6,12,14H,7-11,13H2/b6-5+. The summed E-state index contributed by atoms with van der Waals surface area (Å²) in [5.41, 5.74) is 0. The Hall–Kier alpha value is -1.99. The van der Waals surface area contributed by atoms with E-state index in [0.717, 1.165) is 25.9 Å². The molecule has 4 nitrogen and oxygen atoms in total. The highest BCUT2D eigenvalue weighted by Crippen LogP contribution is 2.18. The van der Waals surface area contributed by atoms with Gasteiger partial charge in [-0.1, -0.05) is 5.92 Å². The second kappa shape index (κ2) is 7.56. The highest BCUT2D eigenvalue weighted by atomic mass is 16.5. The summed E-state index contributed by atoms with van der Waals surface area (Å²) < 4.78 is 10.5. The molecule has 1 aromatic heterocycles. The number of rotatable bonds is 5. The summed E-state index contributed by atoms with van der Waals surface area (Å²) in [7, 11) is 0. The number of hydrogen-bond acceptors (Lipinski definition) is 3. The number of nitrogens with zero attached hydrogens (tertiary/aromatic N) is 1. The molecular formula is C16H19NO3. The van der Waals surface area contributed by atoms with Gasteiger partial charge < -0.3 is 14.1 Å². The minimum atomic E-state index is 0.0318. The first-order chi connectivity index (χ1) is 9.79. The summed E-state index contributed by atoms with van der Waals surface area (Å²) in [5.74, 6) is 3.68. The van der Waals surface area contributed by atoms with Gasteiger partial charge in [0.15, 0.2) is 0 Å². The number of likely N-dealkylation sites (tertiary alicyclic amines) is 1. The summed E-state index contributed by atoms with van der Waals surface area (Å²) in [5, 5.41) is 0. The van der Waals surface area contributed by atoms with Crippen molar-refractivity contribution in [3.05, 3.63) is 30.2 Å². The zero-order valence-corrected chi connectivity index (χ0v) is 11.5. The molecule has 2 rings (SSSR count). The molecule has 1 aliphatic rings. The van der Waals surface area contributed by atoms with Crippen molar-refractivity contribution >= 4 is 12.0 Å². The molecule has 2 heterocycles. The predicted molar refractivity (Wildman–Crippen MR) is 76.7 cm³/mol. The van der Waals surface area contributed by atoms with Crippen LogP contribution in [0, 0.1) is 18.3 Å². The third-order valence-electron chi connectivity index (χ3n) is 3.40. The summed E-state index contributed by atoms with van der Waals surface area (Å²) >= 11 is 0. The normalized spacial score (nSPS) is 16.4. The lowest BCUT2D eigenvalue weighted by molar-refractivity contribution is -0.127. The molecule has 0 aromatic carbocycles. The summed E-state index contributed by atoms with van der Waals surface area (Å²) in [6, 6.07) is 3.62. The number of piperidine rings is 1. The van der Waals surface area contributed by atoms with Crippen LogP contribution in [0.15, 0.2) is 28.9 Å². The first kappa shape index (κ1) is 14.4. The zero-order chi connectivity index (χ0) is 14.2. The van der Waals surface area contributed by atoms with Crippen molar-refractivity contribution in [2.75, 3.05) is 26.3 Å². The highest BCUT2D eigenvalue weighted by Gasteiger charge is 2.21. The second-order valence-corrected chi connectivity index (χ2v) is 4.84. The molecule has 1 aromatic rings. The van der Waals surface area contributed by atoms with Crippen molar-refractivity contribution in [2.24, 2.45) is 5.92 Å². The average Bonchev–Trinajstić information content (AvgIpc) is 2.99. The Morgan fingerprint density at radius 1 is 1.55 bits per heavy atom. The van der Waals surface area contributed by atoms with Gasteiger partial charge in [-0.2, -0.15) is 0 Å². The van der Waals surface area contributed by atoms with E-state index in [9.17, 15) is 4.79 Å². The molecule has 0 saturated carbocycles. The molecule has 0 atom stereocenters. The number of hydrogen-bond donors (Lipinski definition) is 0. The first-order valence-corrected chi connectivity index (χ1v) is 6.81. The van der Waals surface area contributed by atoms with Crippen molar-refractivity contribution < 1.29 is 13.9 Å². The van der Waals surface area contributed by atoms with E-state index in [-0.39, 0.29) is 5.91 Å². The molecule has 1 saturated heterocycles. The van der Waals surface area contributed by atoms with E-state index in [1.54, 1.807) is 24.5 Å². The Morgan fingerprint density at radius 2 is 2.35 bits per heavy atom. The van der Waals surface area contributed by atoms with Crippen molar-refractivity contribution in [3.8, 4) is 12.3 Å². The third kappa shape index (κ3) is 4.29. The van der Waals surface area contributed by atoms with Crippen molar-refractivity contribution in [1.82, 2.24) is 4.90 Å². The van der Waals surface area contributed by atoms with Crippen LogP contribution in [0.3, 0.4) is 0 Å². The number of terminal acetylenes is 1. The minimum Gasteiger partial charge on any atom is -0.465 e. The Morgan fingerprint density at radius 3 is 3.00 bits per heavy atom. The maximum atomic E-state index is 12.0. The number of carbonyl (C=O) groups is 1. The van der Waals surface area contributed by atoms with E-state index in [0.29, 0.717) is 24.9 Å². The van der Waals surface area contributed by atoms with Crippen LogP contribution in [-0.2, 0) is 9.53 Å². The quantitative estimate of drug-likeness (QED) is 0.469. The molecule has 0 aliphatic carbocycles. The van der Waals surface area contributed by atoms with Crippen LogP contribution < -0.4 is 0 Å². The zero-order valence-electron chi connectivity index (χ0n) is 11.5. The third-order valence-corrected chi connectivity index (χ3v) is 3.40. The predicted octanol–water partition coefficient (Wildman–Crippen LogP) is 2.18. The Labute approximate surface area is 119 Å². The van der Waals surface area contributed by atoms with Crippen LogP contribution in [0.5, 0.6) is 0 Å². The second-order valence-electron chi connectivity index (χ2n) is 4.84. The van der Waals surface area contributed by atoms with E-state index in [1.165, 1.54) is 0 Å². The van der Waals surface area contributed by atoms with Gasteiger partial charge in [-0.3, -0.25) is 4.79 Å². The SMILES string of the molecule is C#CCOCC1CCN(C(=O)/C=C/c2ccco2)CC1. The number of amides is 1. The maximum absolute atomic E-state index is 12.0. The number of furan rings is 1. The fourth-order valence-corrected chi connectivity index (χ4v) is 2.25. The Bertz CT molecular complexity index is 476. The van der Waals surface area contributed by atoms with Gasteiger partial charge in [0.1, 0.15) is 12.4 Å². The average molecular weight is 273 g/mol. The van der Waals surface area contributed by atoms with Crippen LogP contribution in [-0.4, -0.2) is 37.1 Å². The summed E-state index contributed by atoms with van der Waals surface area (Å²) in [4.78, 5) is 13.9. The largest absolute Gasteiger partial charge is 0.465 e. The van der Waals surface area contributed by atoms with Gasteiger partial charge in [0.05, 0.1) is 12.9 Å². The summed E-state index contributed by atoms with van der Waals surface area (Å²) in [6.07, 6.45) is 11.9. The molecule has 0 unspecified atom stereocenters. The molecule has 106 valence electrons. The molecule has 0 bridgehead atoms. The number of carbonyl (C=O) groups excluding carboxylic acids is 1. The molecule has 1 aliphatic heterocycles. The van der Waals surface area contributed by atoms with E-state index >= 15 is 0 Å². The molecule has 0 radical (unpaired) electrons. The van der Waals surface area contributed by atoms with Crippen LogP contribution in [0.25, 0.3) is 6.08 Å². The maximum Gasteiger partial charge on any atom is 0.246 e. The molecule has 20 heavy (non-hydrogen) atoms. The smallest absolute Gasteiger partial charge is 0.246 e. The van der Waals surface area contributed by atoms with E-state index in [4.69, 9.17) is 15.6 Å². The van der Waals surface area contributed by atoms with Gasteiger partial charge in [-0.25, -0.2) is 0 Å². The van der Waals surface area contributed by atoms with Gasteiger partial charge in [0.25, 0.3) is 0 Å². The highest BCUT2D eigenvalue weighted by molar-refractivity contribution is 5.91. The van der Waals surface area contributed by atoms with E-state index < -0.39 is 0 Å². The van der Waals surface area contributed by atoms with Crippen LogP contribution in [0.2, 0.25) is 0 Å². The monoisotopic (exact) mass is 273 g/mol. The fraction of sp³-hybridized carbons (Fsp3) is 0.438. The molecular weight excluding hydrogens is 254 g/mol. The summed E-state index contributed by atoms with van der Waals surface area (Å²) in [6.45, 7) is 2.59. The van der Waals surface area contributed by atoms with Crippen LogP contribution in [0.1, 0.15) is 18.6 Å². The lowest BCUT2D eigenvalue weighted by atomic mass is 9.98. The first-order valence-electron chi connectivity index (χ1n) is 6.81. The number of ether oxygens (including phenoxy) is 1. The van der Waals surface area contributed by atoms with Crippen molar-refractivity contribution in [1.29, 1.82) is 0 Å². The molecule has 4 heteroatoms. The molecule has 0 spiro atoms. The Kier molecular flexibility index (Phi) is 5.45. The topological polar surface area (TPSA) is 42.7 Å². The lowest BCUT2D eigenvalue weighted by Gasteiger charge is -2.31. The molecule has 1 amide bonds. The van der Waals surface area contributed by atoms with E-state index in [2.05, 4.69) is 5.92 Å². The molecule has 0 N–H and O–H groups in total. The van der Waals surface area contributed by atoms with Gasteiger partial charge in [-0.05, 0) is 37.0 Å². The van der Waals surface area contributed by atoms with Gasteiger partial charge >= 0.3 is 0 Å². The fourth-order valence-electron chi connectivity index (χ4n) is 2.25. The van der Waals surface area contributed by atoms with Crippen molar-refractivity contribution in [2.45, 2.75) is 12.8 Å². The van der Waals surface area contributed by atoms with Crippen LogP contribution >= 0.6 is 0 Å². The lowest BCUT2D eigenvalue weighted by Crippen LogP contribution is -2.38. The van der Waals surface area contributed by atoms with E-state index in [1.807, 2.05) is 11.0 Å². The van der Waals surface area contributed by atoms with Gasteiger partial charge in [-0.15, -0.1) is 6.42 Å².